The fourth-order valence-electron chi connectivity index (χ4n) is 1.29. The summed E-state index contributed by atoms with van der Waals surface area (Å²) >= 11 is 3.32. The predicted molar refractivity (Wildman–Crippen MR) is 59.7 cm³/mol. The van der Waals surface area contributed by atoms with Crippen LogP contribution in [0.3, 0.4) is 0 Å². The van der Waals surface area contributed by atoms with E-state index in [2.05, 4.69) is 20.7 Å². The highest BCUT2D eigenvalue weighted by Gasteiger charge is 2.12. The lowest BCUT2D eigenvalue weighted by Gasteiger charge is -2.11. The van der Waals surface area contributed by atoms with Crippen LogP contribution in [0.15, 0.2) is 22.6 Å². The molecule has 1 atom stereocenters. The summed E-state index contributed by atoms with van der Waals surface area (Å²) in [5.41, 5.74) is 4.85. The van der Waals surface area contributed by atoms with Gasteiger partial charge in [-0.2, -0.15) is 0 Å². The summed E-state index contributed by atoms with van der Waals surface area (Å²) < 4.78 is 0. The zero-order chi connectivity index (χ0) is 9.80. The first-order valence-corrected chi connectivity index (χ1v) is 6.15. The standard InChI is InChI=1S/C9H11N3S2/c1-10-8(9-4-13-6-12-9)2-7-3-11-5-14-7/h3-6,8,10H,2H2,1H3. The van der Waals surface area contributed by atoms with Crippen LogP contribution >= 0.6 is 22.7 Å². The summed E-state index contributed by atoms with van der Waals surface area (Å²) in [5.74, 6) is 0. The molecule has 0 spiro atoms. The number of likely N-dealkylation sites (N-methyl/N-ethyl adjacent to an activating group) is 1. The zero-order valence-electron chi connectivity index (χ0n) is 7.80. The minimum atomic E-state index is 0.307. The van der Waals surface area contributed by atoms with E-state index in [4.69, 9.17) is 0 Å². The van der Waals surface area contributed by atoms with E-state index >= 15 is 0 Å². The SMILES string of the molecule is CNC(Cc1cncs1)c1cscn1. The summed E-state index contributed by atoms with van der Waals surface area (Å²) in [5, 5.41) is 5.35. The van der Waals surface area contributed by atoms with E-state index in [-0.39, 0.29) is 0 Å². The van der Waals surface area contributed by atoms with Crippen LogP contribution in [0.2, 0.25) is 0 Å². The van der Waals surface area contributed by atoms with Gasteiger partial charge in [0.15, 0.2) is 0 Å². The van der Waals surface area contributed by atoms with Gasteiger partial charge in [-0.15, -0.1) is 22.7 Å². The third kappa shape index (κ3) is 2.17. The third-order valence-electron chi connectivity index (χ3n) is 2.05. The predicted octanol–water partition coefficient (Wildman–Crippen LogP) is 2.10. The summed E-state index contributed by atoms with van der Waals surface area (Å²) in [4.78, 5) is 9.66. The summed E-state index contributed by atoms with van der Waals surface area (Å²) in [7, 11) is 1.96. The molecule has 14 heavy (non-hydrogen) atoms. The second-order valence-electron chi connectivity index (χ2n) is 2.93. The molecular weight excluding hydrogens is 214 g/mol. The number of hydrogen-bond donors (Lipinski definition) is 1. The van der Waals surface area contributed by atoms with Crippen molar-refractivity contribution in [2.24, 2.45) is 0 Å². The Morgan fingerprint density at radius 1 is 1.50 bits per heavy atom. The van der Waals surface area contributed by atoms with Crippen molar-refractivity contribution in [2.75, 3.05) is 7.05 Å². The number of nitrogens with zero attached hydrogens (tertiary/aromatic N) is 2. The van der Waals surface area contributed by atoms with Crippen LogP contribution in [-0.4, -0.2) is 17.0 Å². The van der Waals surface area contributed by atoms with Crippen LogP contribution in [0.1, 0.15) is 16.6 Å². The lowest BCUT2D eigenvalue weighted by atomic mass is 10.1. The topological polar surface area (TPSA) is 37.8 Å². The van der Waals surface area contributed by atoms with Gasteiger partial charge in [-0.25, -0.2) is 4.98 Å². The van der Waals surface area contributed by atoms with Crippen molar-refractivity contribution in [3.63, 3.8) is 0 Å². The molecule has 0 saturated carbocycles. The third-order valence-corrected chi connectivity index (χ3v) is 3.45. The van der Waals surface area contributed by atoms with Crippen LogP contribution in [0.5, 0.6) is 0 Å². The monoisotopic (exact) mass is 225 g/mol. The molecule has 3 nitrogen and oxygen atoms in total. The van der Waals surface area contributed by atoms with Gasteiger partial charge in [-0.1, -0.05) is 0 Å². The number of hydrogen-bond acceptors (Lipinski definition) is 5. The molecule has 1 N–H and O–H groups in total. The van der Waals surface area contributed by atoms with E-state index < -0.39 is 0 Å². The Labute approximate surface area is 90.9 Å². The molecule has 0 aromatic carbocycles. The molecule has 1 unspecified atom stereocenters. The van der Waals surface area contributed by atoms with E-state index in [1.54, 1.807) is 22.7 Å². The average Bonchev–Trinajstić information content (AvgIpc) is 2.86. The molecule has 74 valence electrons. The Hall–Kier alpha value is -0.780. The van der Waals surface area contributed by atoms with Crippen molar-refractivity contribution >= 4 is 22.7 Å². The average molecular weight is 225 g/mol. The summed E-state index contributed by atoms with van der Waals surface area (Å²) in [6.45, 7) is 0. The molecule has 0 bridgehead atoms. The Morgan fingerprint density at radius 3 is 3.00 bits per heavy atom. The highest BCUT2D eigenvalue weighted by atomic mass is 32.1. The minimum Gasteiger partial charge on any atom is -0.311 e. The molecule has 2 aromatic rings. The molecule has 0 aliphatic heterocycles. The lowest BCUT2D eigenvalue weighted by Crippen LogP contribution is -2.18. The molecule has 2 heterocycles. The van der Waals surface area contributed by atoms with Gasteiger partial charge in [0.1, 0.15) is 0 Å². The number of aromatic nitrogens is 2. The second kappa shape index (κ2) is 4.63. The lowest BCUT2D eigenvalue weighted by molar-refractivity contribution is 0.583. The maximum atomic E-state index is 4.31. The van der Waals surface area contributed by atoms with Crippen molar-refractivity contribution in [2.45, 2.75) is 12.5 Å². The Kier molecular flexibility index (Phi) is 3.23. The van der Waals surface area contributed by atoms with Gasteiger partial charge in [0.25, 0.3) is 0 Å². The van der Waals surface area contributed by atoms with E-state index in [0.717, 1.165) is 12.1 Å². The van der Waals surface area contributed by atoms with E-state index in [9.17, 15) is 0 Å². The molecular formula is C9H11N3S2. The van der Waals surface area contributed by atoms with Crippen molar-refractivity contribution in [1.29, 1.82) is 0 Å². The van der Waals surface area contributed by atoms with Crippen molar-refractivity contribution < 1.29 is 0 Å². The highest BCUT2D eigenvalue weighted by Crippen LogP contribution is 2.19. The van der Waals surface area contributed by atoms with E-state index in [1.807, 2.05) is 24.3 Å². The van der Waals surface area contributed by atoms with Gasteiger partial charge in [-0.05, 0) is 7.05 Å². The van der Waals surface area contributed by atoms with Gasteiger partial charge in [0.2, 0.25) is 0 Å². The highest BCUT2D eigenvalue weighted by molar-refractivity contribution is 7.09. The van der Waals surface area contributed by atoms with E-state index in [0.29, 0.717) is 6.04 Å². The fraction of sp³-hybridized carbons (Fsp3) is 0.333. The van der Waals surface area contributed by atoms with Crippen molar-refractivity contribution in [3.05, 3.63) is 33.2 Å². The number of nitrogens with one attached hydrogen (secondary N) is 1. The Bertz CT molecular complexity index is 355. The Balaban J connectivity index is 2.08. The summed E-state index contributed by atoms with van der Waals surface area (Å²) in [6.07, 6.45) is 2.88. The largest absolute Gasteiger partial charge is 0.311 e. The zero-order valence-corrected chi connectivity index (χ0v) is 9.44. The molecule has 5 heteroatoms. The maximum Gasteiger partial charge on any atom is 0.0795 e. The van der Waals surface area contributed by atoms with Crippen LogP contribution < -0.4 is 5.32 Å². The molecule has 0 saturated heterocycles. The van der Waals surface area contributed by atoms with Gasteiger partial charge >= 0.3 is 0 Å². The molecule has 0 aliphatic carbocycles. The van der Waals surface area contributed by atoms with Gasteiger partial charge in [-0.3, -0.25) is 4.98 Å². The maximum absolute atomic E-state index is 4.31. The van der Waals surface area contributed by atoms with Crippen LogP contribution in [-0.2, 0) is 6.42 Å². The minimum absolute atomic E-state index is 0.307. The first kappa shape index (κ1) is 9.76. The van der Waals surface area contributed by atoms with Crippen LogP contribution in [0.4, 0.5) is 0 Å². The van der Waals surface area contributed by atoms with Crippen molar-refractivity contribution in [1.82, 2.24) is 15.3 Å². The molecule has 0 amide bonds. The number of rotatable bonds is 4. The van der Waals surface area contributed by atoms with Gasteiger partial charge in [0.05, 0.1) is 22.8 Å². The molecule has 2 rings (SSSR count). The Morgan fingerprint density at radius 2 is 2.43 bits per heavy atom. The number of thiazole rings is 2. The fourth-order valence-corrected chi connectivity index (χ4v) is 2.54. The van der Waals surface area contributed by atoms with Crippen molar-refractivity contribution in [3.8, 4) is 0 Å². The second-order valence-corrected chi connectivity index (χ2v) is 4.62. The van der Waals surface area contributed by atoms with Crippen LogP contribution in [0, 0.1) is 0 Å². The smallest absolute Gasteiger partial charge is 0.0795 e. The van der Waals surface area contributed by atoms with Gasteiger partial charge < -0.3 is 5.32 Å². The van der Waals surface area contributed by atoms with E-state index in [1.165, 1.54) is 4.88 Å². The molecule has 0 fully saturated rings. The molecule has 2 aromatic heterocycles. The first-order valence-electron chi connectivity index (χ1n) is 4.33. The molecule has 0 radical (unpaired) electrons. The normalized spacial score (nSPS) is 12.9. The van der Waals surface area contributed by atoms with Crippen LogP contribution in [0.25, 0.3) is 0 Å². The first-order chi connectivity index (χ1) is 6.90. The molecule has 0 aliphatic rings. The van der Waals surface area contributed by atoms with Gasteiger partial charge in [0, 0.05) is 22.9 Å². The quantitative estimate of drug-likeness (QED) is 0.866. The summed E-state index contributed by atoms with van der Waals surface area (Å²) in [6, 6.07) is 0.307.